The van der Waals surface area contributed by atoms with Crippen LogP contribution in [0.25, 0.3) is 0 Å². The number of aromatic nitrogens is 12. The first-order valence-electron chi connectivity index (χ1n) is 42.2. The second kappa shape index (κ2) is 47.8. The lowest BCUT2D eigenvalue weighted by atomic mass is 9.78. The summed E-state index contributed by atoms with van der Waals surface area (Å²) in [5.41, 5.74) is 12.0. The van der Waals surface area contributed by atoms with Crippen LogP contribution in [-0.2, 0) is 33.9 Å². The van der Waals surface area contributed by atoms with Crippen LogP contribution in [0.1, 0.15) is 211 Å². The van der Waals surface area contributed by atoms with Gasteiger partial charge in [0.05, 0.1) is 95.2 Å². The van der Waals surface area contributed by atoms with Gasteiger partial charge in [-0.15, -0.1) is 60.8 Å². The zero-order valence-corrected chi connectivity index (χ0v) is 78.9. The molecular weight excluding hydrogens is 1920 g/mol. The van der Waals surface area contributed by atoms with Gasteiger partial charge in [0.25, 0.3) is 0 Å². The average Bonchev–Trinajstić information content (AvgIpc) is 1.75. The van der Waals surface area contributed by atoms with Crippen LogP contribution >= 0.6 is 78.9 Å². The van der Waals surface area contributed by atoms with Gasteiger partial charge >= 0.3 is 36.0 Å². The van der Waals surface area contributed by atoms with E-state index in [0.717, 1.165) is 117 Å². The largest absolute Gasteiger partial charge is 0.497 e. The Morgan fingerprint density at radius 1 is 0.414 bits per heavy atom. The number of halogens is 5. The Morgan fingerprint density at radius 3 is 0.947 bits per heavy atom. The van der Waals surface area contributed by atoms with Crippen LogP contribution in [0, 0.1) is 34.0 Å². The number of carboxylic acids is 3. The van der Waals surface area contributed by atoms with E-state index in [2.05, 4.69) is 145 Å². The third-order valence-electron chi connectivity index (χ3n) is 22.5. The number of rotatable bonds is 28. The third kappa shape index (κ3) is 27.7. The molecule has 29 nitrogen and oxygen atoms in total. The van der Waals surface area contributed by atoms with Crippen molar-refractivity contribution in [3.8, 4) is 35.5 Å². The first-order chi connectivity index (χ1) is 64.1. The molecule has 133 heavy (non-hydrogen) atoms. The number of aliphatic carboxylic acids is 1. The second-order valence-electron chi connectivity index (χ2n) is 31.3. The number of benzene rings is 8. The van der Waals surface area contributed by atoms with Gasteiger partial charge in [-0.3, -0.25) is 0 Å². The Bertz CT molecular complexity index is 6030. The summed E-state index contributed by atoms with van der Waals surface area (Å²) in [5.74, 6) is -0.911. The molecule has 5 N–H and O–H groups in total. The van der Waals surface area contributed by atoms with Gasteiger partial charge in [0.1, 0.15) is 32.3 Å². The molecule has 5 aliphatic carbocycles. The standard InChI is InChI=1S/C24H24N4O3S.C23H24BrN3O3S.C22H20N4O3S.C14H12N4O2S.C10H11BrO.C2HF3O2/c1-3-31-24(29)22-23(28(27-26-22)15-17-6-10-20(30-2)11-7-17)32-21-12-19(13-21)18-8-4-16(14-25)5-9-18;1-3-30-23(28)21-22(27(26-25-21)14-15-4-10-19(29-2)11-5-15)31-20-12-17(13-20)16-6-8-18(24)9-7-16;1-29-18-8-4-15(5-9-18)13-26-21(20(22(27)28)24-25-26)30-19-10-17(11-19)16-6-2-14(12-23)3-7-16;15-7-8-1-3-9(4-2-8)10-5-11(6-10)21-13-12(14(19)20)16-18-17-13;11-9-3-1-7(2-4-9)8-5-10(12)6-8;3-2(4,5)1(6)7/h4-11,19,21H,3,12-13,15H2,1-2H3;4-11,17,20H,3,12-14H2,1-2H3;2-9,17,19H,10-11,13H2,1H3,(H,27,28);1-4,10-11H,5-6H2,(H,19,20)(H,16,17,18);1-4,8,10,12H,5-6H2;(H,6,7). The fourth-order valence-electron chi connectivity index (χ4n) is 14.7. The molecule has 17 rings (SSSR count). The molecule has 0 amide bonds. The highest BCUT2D eigenvalue weighted by molar-refractivity contribution is 9.10. The molecule has 0 atom stereocenters. The van der Waals surface area contributed by atoms with Crippen LogP contribution in [0.15, 0.2) is 223 Å². The van der Waals surface area contributed by atoms with Crippen molar-refractivity contribution in [3.05, 3.63) is 287 Å². The predicted octanol–water partition coefficient (Wildman–Crippen LogP) is 19.4. The molecule has 12 aromatic rings. The van der Waals surface area contributed by atoms with Gasteiger partial charge in [0, 0.05) is 29.9 Å². The summed E-state index contributed by atoms with van der Waals surface area (Å²) in [6.07, 6.45) is 4.67. The Hall–Kier alpha value is -12.4. The number of hydrogen-bond donors (Lipinski definition) is 5. The summed E-state index contributed by atoms with van der Waals surface area (Å²) in [4.78, 5) is 56.4. The lowest BCUT2D eigenvalue weighted by Crippen LogP contribution is -2.26. The number of aromatic amines is 1. The number of carbonyl (C=O) groups excluding carboxylic acids is 2. The van der Waals surface area contributed by atoms with E-state index >= 15 is 0 Å². The van der Waals surface area contributed by atoms with Crippen molar-refractivity contribution in [1.29, 1.82) is 15.8 Å². The zero-order valence-electron chi connectivity index (χ0n) is 72.5. The number of hydrogen-bond acceptors (Lipinski definition) is 26. The monoisotopic (exact) mass is 2010 g/mol. The van der Waals surface area contributed by atoms with E-state index in [0.29, 0.717) is 116 Å². The first kappa shape index (κ1) is 99.7. The smallest absolute Gasteiger partial charge is 0.490 e. The minimum absolute atomic E-state index is 0.00432. The lowest BCUT2D eigenvalue weighted by Gasteiger charge is -2.35. The number of ether oxygens (including phenoxy) is 5. The zero-order chi connectivity index (χ0) is 94.8. The molecule has 5 fully saturated rings. The van der Waals surface area contributed by atoms with Gasteiger partial charge < -0.3 is 44.1 Å². The Labute approximate surface area is 798 Å². The summed E-state index contributed by atoms with van der Waals surface area (Å²) in [5, 5.41) is 100. The van der Waals surface area contributed by atoms with Crippen LogP contribution in [-0.4, -0.2) is 178 Å². The van der Waals surface area contributed by atoms with Crippen molar-refractivity contribution < 1.29 is 81.3 Å². The number of carbonyl (C=O) groups is 5. The number of aliphatic hydroxyl groups is 1. The Morgan fingerprint density at radius 2 is 0.684 bits per heavy atom. The maximum Gasteiger partial charge on any atom is 0.490 e. The number of aliphatic hydroxyl groups excluding tert-OH is 1. The number of H-pyrrole nitrogens is 1. The normalized spacial score (nSPS) is 18.7. The molecule has 5 saturated carbocycles. The molecule has 5 aliphatic rings. The Balaban J connectivity index is 0.000000151. The van der Waals surface area contributed by atoms with E-state index in [1.165, 1.54) is 51.3 Å². The molecule has 0 bridgehead atoms. The van der Waals surface area contributed by atoms with Crippen molar-refractivity contribution in [1.82, 2.24) is 60.4 Å². The number of nitrogens with zero attached hydrogens (tertiary/aromatic N) is 14. The summed E-state index contributed by atoms with van der Waals surface area (Å²) < 4.78 is 65.2. The van der Waals surface area contributed by atoms with Crippen molar-refractivity contribution in [2.24, 2.45) is 0 Å². The van der Waals surface area contributed by atoms with Crippen LogP contribution in [0.3, 0.4) is 0 Å². The quantitative estimate of drug-likeness (QED) is 0.0284. The van der Waals surface area contributed by atoms with E-state index in [1.807, 2.05) is 146 Å². The molecule has 690 valence electrons. The number of alkyl halides is 3. The predicted molar refractivity (Wildman–Crippen MR) is 498 cm³/mol. The summed E-state index contributed by atoms with van der Waals surface area (Å²) >= 11 is 13.2. The number of esters is 2. The van der Waals surface area contributed by atoms with Gasteiger partial charge in [0.2, 0.25) is 22.8 Å². The molecule has 0 unspecified atom stereocenters. The van der Waals surface area contributed by atoms with Gasteiger partial charge in [-0.1, -0.05) is 156 Å². The summed E-state index contributed by atoms with van der Waals surface area (Å²) in [6, 6.07) is 69.6. The summed E-state index contributed by atoms with van der Waals surface area (Å²) in [6.45, 7) is 5.65. The molecule has 8 aromatic carbocycles. The summed E-state index contributed by atoms with van der Waals surface area (Å²) in [7, 11) is 4.90. The van der Waals surface area contributed by atoms with Gasteiger partial charge in [-0.2, -0.15) is 34.2 Å². The van der Waals surface area contributed by atoms with Gasteiger partial charge in [-0.25, -0.2) is 38.0 Å². The van der Waals surface area contributed by atoms with Crippen molar-refractivity contribution >= 4 is 109 Å². The molecular formula is C95H92Br2F3N15O14S4. The minimum atomic E-state index is -5.08. The molecule has 0 radical (unpaired) electrons. The molecule has 0 aliphatic heterocycles. The average molecular weight is 2010 g/mol. The highest BCUT2D eigenvalue weighted by Gasteiger charge is 2.40. The van der Waals surface area contributed by atoms with Crippen LogP contribution in [0.2, 0.25) is 0 Å². The van der Waals surface area contributed by atoms with Crippen LogP contribution in [0.4, 0.5) is 13.2 Å². The molecule has 0 saturated heterocycles. The van der Waals surface area contributed by atoms with Gasteiger partial charge in [-0.05, 0) is 249 Å². The van der Waals surface area contributed by atoms with Crippen LogP contribution in [0.5, 0.6) is 17.2 Å². The third-order valence-corrected chi connectivity index (χ3v) is 28.8. The van der Waals surface area contributed by atoms with Crippen molar-refractivity contribution in [2.45, 2.75) is 181 Å². The highest BCUT2D eigenvalue weighted by atomic mass is 79.9. The number of carboxylic acid groups (broad SMARTS) is 3. The molecule has 4 heterocycles. The number of thioether (sulfide) groups is 4. The number of nitrogens with one attached hydrogen (secondary N) is 1. The molecule has 4 aromatic heterocycles. The number of aromatic carboxylic acids is 2. The van der Waals surface area contributed by atoms with E-state index in [4.69, 9.17) is 59.6 Å². The fourth-order valence-corrected chi connectivity index (χ4v) is 20.8. The maximum absolute atomic E-state index is 12.5. The molecule has 0 spiro atoms. The van der Waals surface area contributed by atoms with E-state index in [-0.39, 0.29) is 23.2 Å². The van der Waals surface area contributed by atoms with E-state index in [1.54, 1.807) is 72.7 Å². The highest BCUT2D eigenvalue weighted by Crippen LogP contribution is 2.51. The van der Waals surface area contributed by atoms with Gasteiger partial charge in [0.15, 0.2) is 5.03 Å². The van der Waals surface area contributed by atoms with E-state index in [9.17, 15) is 37.5 Å². The Kier molecular flexibility index (Phi) is 35.8. The first-order valence-corrected chi connectivity index (χ1v) is 47.3. The maximum atomic E-state index is 12.5. The number of nitriles is 3. The topological polar surface area (TPSA) is 417 Å². The number of methoxy groups -OCH3 is 3. The van der Waals surface area contributed by atoms with Crippen molar-refractivity contribution in [2.75, 3.05) is 34.5 Å². The fraction of sp³-hybridized carbons (Fsp3) is 0.326. The van der Waals surface area contributed by atoms with E-state index < -0.39 is 36.0 Å². The van der Waals surface area contributed by atoms with Crippen molar-refractivity contribution in [3.63, 3.8) is 0 Å². The molecule has 38 heteroatoms. The SMILES string of the molecule is CCOC(=O)c1nnn(Cc2ccc(OC)cc2)c1SC1CC(c2ccc(Br)cc2)C1.CCOC(=O)c1nnn(Cc2ccc(OC)cc2)c1SC1CC(c2ccc(C#N)cc2)C1.COc1ccc(Cn2nnc(C(=O)O)c2SC2CC(c3ccc(C#N)cc3)C2)cc1.N#Cc1ccc(C2CC(Sc3n[nH]nc3C(=O)O)C2)cc1.O=C(O)C(F)(F)F.OC1CC(c2ccc(Br)cc2)C1. The second-order valence-corrected chi connectivity index (χ2v) is 38.3. The van der Waals surface area contributed by atoms with Crippen LogP contribution < -0.4 is 14.2 Å². The lowest BCUT2D eigenvalue weighted by molar-refractivity contribution is -0.192. The minimum Gasteiger partial charge on any atom is -0.497 e.